The molecule has 0 saturated heterocycles. The maximum absolute atomic E-state index is 13.6. The number of hydrogen-bond donors (Lipinski definition) is 1. The summed E-state index contributed by atoms with van der Waals surface area (Å²) in [7, 11) is 0. The van der Waals surface area contributed by atoms with Gasteiger partial charge in [-0.15, -0.1) is 0 Å². The van der Waals surface area contributed by atoms with Crippen molar-refractivity contribution in [3.8, 4) is 11.3 Å². The van der Waals surface area contributed by atoms with Gasteiger partial charge < -0.3 is 9.88 Å². The summed E-state index contributed by atoms with van der Waals surface area (Å²) >= 11 is 0. The Balaban J connectivity index is 1.48. The first-order chi connectivity index (χ1) is 14.4. The first-order valence-corrected chi connectivity index (χ1v) is 9.31. The molecular weight excluding hydrogens is 390 g/mol. The minimum absolute atomic E-state index is 0.198. The quantitative estimate of drug-likeness (QED) is 0.552. The normalized spacial score (nSPS) is 11.0. The Labute approximate surface area is 170 Å². The SMILES string of the molecule is Cc1ccc(C(=O)NCCn2ccn3nc(-c4ccc(F)cc4)cc3c2=O)cc1F. The van der Waals surface area contributed by atoms with E-state index in [0.29, 0.717) is 22.3 Å². The Morgan fingerprint density at radius 2 is 1.83 bits per heavy atom. The number of benzene rings is 2. The number of carbonyl (C=O) groups excluding carboxylic acids is 1. The van der Waals surface area contributed by atoms with E-state index in [4.69, 9.17) is 0 Å². The lowest BCUT2D eigenvalue weighted by Gasteiger charge is -2.08. The molecule has 0 spiro atoms. The van der Waals surface area contributed by atoms with E-state index in [0.717, 1.165) is 0 Å². The fourth-order valence-corrected chi connectivity index (χ4v) is 3.09. The predicted molar refractivity (Wildman–Crippen MR) is 108 cm³/mol. The largest absolute Gasteiger partial charge is 0.350 e. The third-order valence-electron chi connectivity index (χ3n) is 4.82. The second-order valence-corrected chi connectivity index (χ2v) is 6.88. The van der Waals surface area contributed by atoms with Crippen molar-refractivity contribution in [3.05, 3.63) is 94.0 Å². The van der Waals surface area contributed by atoms with Gasteiger partial charge in [0, 0.05) is 36.6 Å². The second kappa shape index (κ2) is 7.90. The van der Waals surface area contributed by atoms with Gasteiger partial charge in [-0.05, 0) is 55.0 Å². The number of carbonyl (C=O) groups is 1. The van der Waals surface area contributed by atoms with Gasteiger partial charge in [-0.25, -0.2) is 13.3 Å². The van der Waals surface area contributed by atoms with Gasteiger partial charge in [0.25, 0.3) is 11.5 Å². The molecule has 8 heteroatoms. The topological polar surface area (TPSA) is 68.4 Å². The molecule has 0 bridgehead atoms. The average molecular weight is 408 g/mol. The lowest BCUT2D eigenvalue weighted by atomic mass is 10.1. The van der Waals surface area contributed by atoms with Crippen LogP contribution in [-0.2, 0) is 6.54 Å². The van der Waals surface area contributed by atoms with E-state index in [1.54, 1.807) is 49.6 Å². The number of halogens is 2. The van der Waals surface area contributed by atoms with Crippen LogP contribution in [-0.4, -0.2) is 26.6 Å². The van der Waals surface area contributed by atoms with E-state index in [2.05, 4.69) is 10.4 Å². The van der Waals surface area contributed by atoms with Crippen molar-refractivity contribution in [2.75, 3.05) is 6.54 Å². The smallest absolute Gasteiger partial charge is 0.276 e. The number of aryl methyl sites for hydroxylation is 1. The molecule has 0 saturated carbocycles. The monoisotopic (exact) mass is 408 g/mol. The molecule has 1 N–H and O–H groups in total. The zero-order valence-corrected chi connectivity index (χ0v) is 16.1. The predicted octanol–water partition coefficient (Wildman–Crippen LogP) is 3.18. The van der Waals surface area contributed by atoms with Gasteiger partial charge in [-0.3, -0.25) is 9.59 Å². The molecule has 0 radical (unpaired) electrons. The summed E-state index contributed by atoms with van der Waals surface area (Å²) in [5.74, 6) is -1.20. The van der Waals surface area contributed by atoms with Gasteiger partial charge in [0.05, 0.1) is 5.69 Å². The minimum atomic E-state index is -0.443. The molecule has 4 rings (SSSR count). The Morgan fingerprint density at radius 1 is 1.07 bits per heavy atom. The van der Waals surface area contributed by atoms with Gasteiger partial charge in [0.15, 0.2) is 0 Å². The van der Waals surface area contributed by atoms with Crippen LogP contribution in [0.15, 0.2) is 65.7 Å². The van der Waals surface area contributed by atoms with E-state index in [1.807, 2.05) is 0 Å². The number of amides is 1. The molecule has 1 amide bonds. The van der Waals surface area contributed by atoms with E-state index < -0.39 is 11.7 Å². The first-order valence-electron chi connectivity index (χ1n) is 9.31. The highest BCUT2D eigenvalue weighted by Gasteiger charge is 2.11. The summed E-state index contributed by atoms with van der Waals surface area (Å²) in [5, 5.41) is 7.04. The van der Waals surface area contributed by atoms with Crippen LogP contribution in [0.25, 0.3) is 16.8 Å². The van der Waals surface area contributed by atoms with E-state index in [-0.39, 0.29) is 30.0 Å². The standard InChI is InChI=1S/C22H18F2N4O2/c1-14-2-3-16(12-18(14)24)21(29)25-8-9-27-10-11-28-20(22(27)30)13-19(26-28)15-4-6-17(23)7-5-15/h2-7,10-13H,8-9H2,1H3,(H,25,29). The van der Waals surface area contributed by atoms with E-state index in [9.17, 15) is 18.4 Å². The van der Waals surface area contributed by atoms with Crippen LogP contribution in [0.2, 0.25) is 0 Å². The molecule has 0 unspecified atom stereocenters. The highest BCUT2D eigenvalue weighted by molar-refractivity contribution is 5.94. The van der Waals surface area contributed by atoms with E-state index in [1.165, 1.54) is 27.3 Å². The van der Waals surface area contributed by atoms with Crippen molar-refractivity contribution in [1.82, 2.24) is 19.5 Å². The molecule has 2 heterocycles. The van der Waals surface area contributed by atoms with Crippen LogP contribution in [0.5, 0.6) is 0 Å². The second-order valence-electron chi connectivity index (χ2n) is 6.88. The zero-order chi connectivity index (χ0) is 21.3. The van der Waals surface area contributed by atoms with Crippen LogP contribution in [0.1, 0.15) is 15.9 Å². The molecule has 0 atom stereocenters. The third-order valence-corrected chi connectivity index (χ3v) is 4.82. The van der Waals surface area contributed by atoms with Crippen LogP contribution in [0.3, 0.4) is 0 Å². The average Bonchev–Trinajstić information content (AvgIpc) is 3.17. The van der Waals surface area contributed by atoms with Crippen molar-refractivity contribution in [2.45, 2.75) is 13.5 Å². The van der Waals surface area contributed by atoms with Crippen LogP contribution >= 0.6 is 0 Å². The highest BCUT2D eigenvalue weighted by Crippen LogP contribution is 2.18. The molecule has 4 aromatic rings. The molecule has 0 aliphatic heterocycles. The number of fused-ring (bicyclic) bond motifs is 1. The lowest BCUT2D eigenvalue weighted by Crippen LogP contribution is -2.31. The summed E-state index contributed by atoms with van der Waals surface area (Å²) in [6, 6.07) is 11.8. The molecule has 0 fully saturated rings. The van der Waals surface area contributed by atoms with Crippen molar-refractivity contribution in [2.24, 2.45) is 0 Å². The number of nitrogens with one attached hydrogen (secondary N) is 1. The number of hydrogen-bond acceptors (Lipinski definition) is 3. The Kier molecular flexibility index (Phi) is 5.14. The first kappa shape index (κ1) is 19.5. The molecule has 30 heavy (non-hydrogen) atoms. The maximum Gasteiger partial charge on any atom is 0.276 e. The van der Waals surface area contributed by atoms with Crippen LogP contribution < -0.4 is 10.9 Å². The van der Waals surface area contributed by atoms with Gasteiger partial charge in [0.1, 0.15) is 17.2 Å². The van der Waals surface area contributed by atoms with Gasteiger partial charge in [-0.2, -0.15) is 5.10 Å². The summed E-state index contributed by atoms with van der Waals surface area (Å²) < 4.78 is 29.7. The molecule has 6 nitrogen and oxygen atoms in total. The van der Waals surface area contributed by atoms with E-state index >= 15 is 0 Å². The maximum atomic E-state index is 13.6. The number of aromatic nitrogens is 3. The Bertz CT molecular complexity index is 1290. The van der Waals surface area contributed by atoms with Gasteiger partial charge >= 0.3 is 0 Å². The number of nitrogens with zero attached hydrogens (tertiary/aromatic N) is 3. The molecule has 152 valence electrons. The zero-order valence-electron chi connectivity index (χ0n) is 16.1. The molecule has 0 aliphatic carbocycles. The Morgan fingerprint density at radius 3 is 2.57 bits per heavy atom. The number of rotatable bonds is 5. The molecule has 2 aromatic heterocycles. The summed E-state index contributed by atoms with van der Waals surface area (Å²) in [5.41, 5.74) is 2.04. The Hall–Kier alpha value is -3.81. The fourth-order valence-electron chi connectivity index (χ4n) is 3.09. The summed E-state index contributed by atoms with van der Waals surface area (Å²) in [6.45, 7) is 2.06. The van der Waals surface area contributed by atoms with Crippen LogP contribution in [0.4, 0.5) is 8.78 Å². The van der Waals surface area contributed by atoms with Crippen molar-refractivity contribution in [3.63, 3.8) is 0 Å². The summed E-state index contributed by atoms with van der Waals surface area (Å²) in [6.07, 6.45) is 3.22. The fraction of sp³-hybridized carbons (Fsp3) is 0.136. The molecular formula is C22H18F2N4O2. The highest BCUT2D eigenvalue weighted by atomic mass is 19.1. The van der Waals surface area contributed by atoms with Crippen molar-refractivity contribution in [1.29, 1.82) is 0 Å². The third kappa shape index (κ3) is 3.84. The summed E-state index contributed by atoms with van der Waals surface area (Å²) in [4.78, 5) is 24.9. The van der Waals surface area contributed by atoms with Gasteiger partial charge in [0.2, 0.25) is 0 Å². The van der Waals surface area contributed by atoms with Gasteiger partial charge in [-0.1, -0.05) is 6.07 Å². The van der Waals surface area contributed by atoms with Crippen molar-refractivity contribution < 1.29 is 13.6 Å². The minimum Gasteiger partial charge on any atom is -0.350 e. The molecule has 0 aliphatic rings. The molecule has 2 aromatic carbocycles. The van der Waals surface area contributed by atoms with Crippen LogP contribution in [0, 0.1) is 18.6 Å². The van der Waals surface area contributed by atoms with Crippen molar-refractivity contribution >= 4 is 11.4 Å². The lowest BCUT2D eigenvalue weighted by molar-refractivity contribution is 0.0951.